The van der Waals surface area contributed by atoms with Crippen LogP contribution in [0.25, 0.3) is 0 Å². The summed E-state index contributed by atoms with van der Waals surface area (Å²) in [6.45, 7) is 6.05. The minimum Gasteiger partial charge on any atom is -0.444 e. The van der Waals surface area contributed by atoms with Gasteiger partial charge in [0.05, 0.1) is 19.3 Å². The van der Waals surface area contributed by atoms with Crippen LogP contribution < -0.4 is 0 Å². The lowest BCUT2D eigenvalue weighted by Crippen LogP contribution is -2.43. The highest BCUT2D eigenvalue weighted by Gasteiger charge is 2.25. The largest absolute Gasteiger partial charge is 0.444 e. The summed E-state index contributed by atoms with van der Waals surface area (Å²) in [5.74, 6) is 0. The molecule has 25 heavy (non-hydrogen) atoms. The predicted molar refractivity (Wildman–Crippen MR) is 93.7 cm³/mol. The third-order valence-electron chi connectivity index (χ3n) is 3.61. The third-order valence-corrected chi connectivity index (χ3v) is 3.61. The molecule has 1 aromatic rings. The second kappa shape index (κ2) is 10.3. The van der Waals surface area contributed by atoms with Crippen molar-refractivity contribution in [2.45, 2.75) is 64.7 Å². The van der Waals surface area contributed by atoms with Gasteiger partial charge >= 0.3 is 6.09 Å². The van der Waals surface area contributed by atoms with E-state index in [-0.39, 0.29) is 19.1 Å². The Kier molecular flexibility index (Phi) is 8.83. The first-order valence-electron chi connectivity index (χ1n) is 8.54. The zero-order valence-corrected chi connectivity index (χ0v) is 15.5. The molecule has 0 saturated heterocycles. The molecular weight excluding hydrogens is 328 g/mol. The van der Waals surface area contributed by atoms with Crippen LogP contribution in [0.2, 0.25) is 0 Å². The number of benzene rings is 1. The Labute approximate surface area is 149 Å². The molecule has 1 rings (SSSR count). The Morgan fingerprint density at radius 2 is 1.80 bits per heavy atom. The number of likely N-dealkylation sites (N-methyl/N-ethyl adjacent to an activating group) is 1. The summed E-state index contributed by atoms with van der Waals surface area (Å²) < 4.78 is 35.9. The molecule has 0 spiro atoms. The molecule has 0 radical (unpaired) electrons. The van der Waals surface area contributed by atoms with Crippen molar-refractivity contribution in [2.24, 2.45) is 0 Å². The number of carbonyl (C=O) groups is 1. The third kappa shape index (κ3) is 9.39. The van der Waals surface area contributed by atoms with Crippen LogP contribution in [0.1, 0.15) is 45.6 Å². The average molecular weight is 357 g/mol. The summed E-state index contributed by atoms with van der Waals surface area (Å²) in [6.07, 6.45) is -2.23. The number of rotatable bonds is 9. The maximum Gasteiger partial charge on any atom is 0.410 e. The summed E-state index contributed by atoms with van der Waals surface area (Å²) in [4.78, 5) is 13.7. The molecule has 0 fully saturated rings. The zero-order valence-electron chi connectivity index (χ0n) is 15.5. The fraction of sp³-hybridized carbons (Fsp3) is 0.632. The smallest absolute Gasteiger partial charge is 0.410 e. The molecule has 0 aliphatic carbocycles. The molecule has 0 heterocycles. The number of nitrogens with zero attached hydrogens (tertiary/aromatic N) is 1. The standard InChI is InChI=1S/C19H29F2NO3/c1-19(2,3)25-18(23)22(4)16(11-8-12-17(20)21)14-24-13-15-9-6-5-7-10-15/h5-7,9-10,16-17H,8,11-14H2,1-4H3/t16-/m0/s1. The lowest BCUT2D eigenvalue weighted by molar-refractivity contribution is 0.00374. The van der Waals surface area contributed by atoms with Gasteiger partial charge < -0.3 is 14.4 Å². The van der Waals surface area contributed by atoms with Crippen molar-refractivity contribution in [1.29, 1.82) is 0 Å². The number of carbonyl (C=O) groups excluding carboxylic acids is 1. The molecule has 1 atom stereocenters. The zero-order chi connectivity index (χ0) is 18.9. The summed E-state index contributed by atoms with van der Waals surface area (Å²) in [6, 6.07) is 9.36. The molecular formula is C19H29F2NO3. The van der Waals surface area contributed by atoms with E-state index < -0.39 is 18.1 Å². The molecule has 4 nitrogen and oxygen atoms in total. The van der Waals surface area contributed by atoms with E-state index in [2.05, 4.69) is 0 Å². The van der Waals surface area contributed by atoms with E-state index in [1.165, 1.54) is 4.90 Å². The summed E-state index contributed by atoms with van der Waals surface area (Å²) >= 11 is 0. The number of halogens is 2. The van der Waals surface area contributed by atoms with Crippen LogP contribution in [-0.2, 0) is 16.1 Å². The van der Waals surface area contributed by atoms with Crippen LogP contribution in [0.5, 0.6) is 0 Å². The first kappa shape index (κ1) is 21.4. The monoisotopic (exact) mass is 357 g/mol. The Bertz CT molecular complexity index is 503. The Hall–Kier alpha value is -1.69. The van der Waals surface area contributed by atoms with Crippen molar-refractivity contribution in [1.82, 2.24) is 4.90 Å². The lowest BCUT2D eigenvalue weighted by atomic mass is 10.1. The number of alkyl halides is 2. The molecule has 1 amide bonds. The summed E-state index contributed by atoms with van der Waals surface area (Å²) in [7, 11) is 1.62. The van der Waals surface area contributed by atoms with Gasteiger partial charge in [0.15, 0.2) is 0 Å². The van der Waals surface area contributed by atoms with Crippen molar-refractivity contribution in [3.8, 4) is 0 Å². The highest BCUT2D eigenvalue weighted by molar-refractivity contribution is 5.68. The highest BCUT2D eigenvalue weighted by atomic mass is 19.3. The van der Waals surface area contributed by atoms with Gasteiger partial charge in [0.2, 0.25) is 6.43 Å². The topological polar surface area (TPSA) is 38.8 Å². The van der Waals surface area contributed by atoms with E-state index >= 15 is 0 Å². The van der Waals surface area contributed by atoms with Crippen LogP contribution >= 0.6 is 0 Å². The van der Waals surface area contributed by atoms with Crippen molar-refractivity contribution in [2.75, 3.05) is 13.7 Å². The van der Waals surface area contributed by atoms with E-state index in [0.29, 0.717) is 19.4 Å². The second-order valence-electron chi connectivity index (χ2n) is 7.07. The van der Waals surface area contributed by atoms with E-state index in [0.717, 1.165) is 5.56 Å². The number of amides is 1. The molecule has 0 saturated carbocycles. The first-order chi connectivity index (χ1) is 11.7. The van der Waals surface area contributed by atoms with Gasteiger partial charge in [-0.1, -0.05) is 30.3 Å². The SMILES string of the molecule is CN(C(=O)OC(C)(C)C)[C@@H](CCCC(F)F)COCc1ccccc1. The molecule has 1 aromatic carbocycles. The van der Waals surface area contributed by atoms with Gasteiger partial charge in [-0.25, -0.2) is 13.6 Å². The van der Waals surface area contributed by atoms with E-state index in [9.17, 15) is 13.6 Å². The first-order valence-corrected chi connectivity index (χ1v) is 8.54. The maximum atomic E-state index is 12.4. The van der Waals surface area contributed by atoms with Gasteiger partial charge in [0, 0.05) is 13.5 Å². The van der Waals surface area contributed by atoms with Crippen LogP contribution in [0.4, 0.5) is 13.6 Å². The Balaban J connectivity index is 2.59. The normalized spacial score (nSPS) is 12.9. The minimum absolute atomic E-state index is 0.183. The quantitative estimate of drug-likeness (QED) is 0.633. The number of hydrogen-bond donors (Lipinski definition) is 0. The van der Waals surface area contributed by atoms with Gasteiger partial charge in [0.25, 0.3) is 0 Å². The summed E-state index contributed by atoms with van der Waals surface area (Å²) in [5.41, 5.74) is 0.415. The van der Waals surface area contributed by atoms with E-state index in [1.54, 1.807) is 27.8 Å². The van der Waals surface area contributed by atoms with Crippen molar-refractivity contribution in [3.63, 3.8) is 0 Å². The molecule has 142 valence electrons. The molecule has 0 aliphatic rings. The molecule has 0 unspecified atom stereocenters. The average Bonchev–Trinajstić information content (AvgIpc) is 2.52. The van der Waals surface area contributed by atoms with Gasteiger partial charge in [-0.3, -0.25) is 0 Å². The summed E-state index contributed by atoms with van der Waals surface area (Å²) in [5, 5.41) is 0. The van der Waals surface area contributed by atoms with Crippen molar-refractivity contribution >= 4 is 6.09 Å². The van der Waals surface area contributed by atoms with Crippen LogP contribution in [0, 0.1) is 0 Å². The van der Waals surface area contributed by atoms with Gasteiger partial charge in [-0.2, -0.15) is 0 Å². The fourth-order valence-electron chi connectivity index (χ4n) is 2.27. The number of hydrogen-bond acceptors (Lipinski definition) is 3. The predicted octanol–water partition coefficient (Wildman–Crippen LogP) is 4.87. The van der Waals surface area contributed by atoms with Crippen LogP contribution in [0.15, 0.2) is 30.3 Å². The maximum absolute atomic E-state index is 12.4. The Morgan fingerprint density at radius 3 is 2.36 bits per heavy atom. The highest BCUT2D eigenvalue weighted by Crippen LogP contribution is 2.16. The molecule has 0 aliphatic heterocycles. The van der Waals surface area contributed by atoms with Crippen molar-refractivity contribution < 1.29 is 23.0 Å². The van der Waals surface area contributed by atoms with Crippen LogP contribution in [-0.4, -0.2) is 42.7 Å². The van der Waals surface area contributed by atoms with Gasteiger partial charge in [-0.05, 0) is 39.2 Å². The van der Waals surface area contributed by atoms with Crippen LogP contribution in [0.3, 0.4) is 0 Å². The fourth-order valence-corrected chi connectivity index (χ4v) is 2.27. The van der Waals surface area contributed by atoms with E-state index in [4.69, 9.17) is 9.47 Å². The molecule has 0 aromatic heterocycles. The minimum atomic E-state index is -2.34. The van der Waals surface area contributed by atoms with Gasteiger partial charge in [-0.15, -0.1) is 0 Å². The lowest BCUT2D eigenvalue weighted by Gasteiger charge is -2.30. The molecule has 6 heteroatoms. The van der Waals surface area contributed by atoms with Crippen molar-refractivity contribution in [3.05, 3.63) is 35.9 Å². The van der Waals surface area contributed by atoms with Gasteiger partial charge in [0.1, 0.15) is 5.60 Å². The molecule has 0 bridgehead atoms. The Morgan fingerprint density at radius 1 is 1.16 bits per heavy atom. The second-order valence-corrected chi connectivity index (χ2v) is 7.07. The van der Waals surface area contributed by atoms with E-state index in [1.807, 2.05) is 30.3 Å². The number of ether oxygens (including phenoxy) is 2. The molecule has 0 N–H and O–H groups in total.